The van der Waals surface area contributed by atoms with Crippen LogP contribution < -0.4 is 15.4 Å². The van der Waals surface area contributed by atoms with Gasteiger partial charge in [-0.1, -0.05) is 12.1 Å². The number of benzene rings is 1. The number of nitrogens with one attached hydrogen (secondary N) is 2. The molecule has 6 nitrogen and oxygen atoms in total. The first kappa shape index (κ1) is 18.9. The molecule has 2 rings (SSSR count). The Labute approximate surface area is 149 Å². The van der Waals surface area contributed by atoms with E-state index in [2.05, 4.69) is 15.6 Å². The van der Waals surface area contributed by atoms with Crippen LogP contribution >= 0.6 is 0 Å². The minimum absolute atomic E-state index is 0.570. The summed E-state index contributed by atoms with van der Waals surface area (Å²) in [6, 6.07) is 11.7. The fraction of sp³-hybridized carbons (Fsp3) is 0.421. The average molecular weight is 345 g/mol. The molecule has 2 aromatic rings. The maximum atomic E-state index is 5.67. The Balaban J connectivity index is 1.65. The molecule has 0 aliphatic rings. The van der Waals surface area contributed by atoms with Crippen molar-refractivity contribution >= 4 is 5.96 Å². The standard InChI is InChI=1S/C19H27N3O3/c1-3-20-19(21-11-10-18-5-4-13-25-18)22-12-14-24-15-16-6-8-17(23-2)9-7-16/h4-9,13H,3,10-12,14-15H2,1-2H3,(H2,20,21,22). The van der Waals surface area contributed by atoms with E-state index in [9.17, 15) is 0 Å². The number of guanidine groups is 1. The highest BCUT2D eigenvalue weighted by Crippen LogP contribution is 2.11. The molecule has 0 atom stereocenters. The molecule has 0 saturated heterocycles. The van der Waals surface area contributed by atoms with Crippen LogP contribution in [0.4, 0.5) is 0 Å². The van der Waals surface area contributed by atoms with Gasteiger partial charge in [-0.2, -0.15) is 0 Å². The first-order valence-electron chi connectivity index (χ1n) is 8.57. The van der Waals surface area contributed by atoms with Gasteiger partial charge in [0.05, 0.1) is 33.1 Å². The zero-order chi connectivity index (χ0) is 17.7. The van der Waals surface area contributed by atoms with E-state index < -0.39 is 0 Å². The minimum atomic E-state index is 0.570. The van der Waals surface area contributed by atoms with E-state index in [0.29, 0.717) is 19.8 Å². The summed E-state index contributed by atoms with van der Waals surface area (Å²) in [5.74, 6) is 2.61. The van der Waals surface area contributed by atoms with Crippen molar-refractivity contribution in [2.24, 2.45) is 4.99 Å². The summed E-state index contributed by atoms with van der Waals surface area (Å²) in [6.07, 6.45) is 2.51. The maximum absolute atomic E-state index is 5.67. The molecule has 1 aromatic carbocycles. The summed E-state index contributed by atoms with van der Waals surface area (Å²) in [7, 11) is 1.66. The first-order chi connectivity index (χ1) is 12.3. The molecule has 0 saturated carbocycles. The number of aliphatic imine (C=N–C) groups is 1. The number of hydrogen-bond acceptors (Lipinski definition) is 4. The van der Waals surface area contributed by atoms with Gasteiger partial charge in [0.15, 0.2) is 5.96 Å². The topological polar surface area (TPSA) is 68.0 Å². The molecule has 0 aliphatic heterocycles. The number of methoxy groups -OCH3 is 1. The van der Waals surface area contributed by atoms with Crippen LogP contribution in [0, 0.1) is 0 Å². The Hall–Kier alpha value is -2.47. The molecule has 0 bridgehead atoms. The quantitative estimate of drug-likeness (QED) is 0.394. The molecule has 1 aromatic heterocycles. The molecule has 0 radical (unpaired) electrons. The van der Waals surface area contributed by atoms with E-state index in [1.807, 2.05) is 43.3 Å². The molecule has 136 valence electrons. The lowest BCUT2D eigenvalue weighted by Gasteiger charge is -2.10. The highest BCUT2D eigenvalue weighted by molar-refractivity contribution is 5.79. The highest BCUT2D eigenvalue weighted by atomic mass is 16.5. The predicted octanol–water partition coefficient (Wildman–Crippen LogP) is 2.60. The van der Waals surface area contributed by atoms with Crippen LogP contribution in [0.5, 0.6) is 5.75 Å². The Kier molecular flexibility index (Phi) is 8.41. The second-order valence-electron chi connectivity index (χ2n) is 5.42. The lowest BCUT2D eigenvalue weighted by atomic mass is 10.2. The Morgan fingerprint density at radius 1 is 1.16 bits per heavy atom. The van der Waals surface area contributed by atoms with Gasteiger partial charge in [-0.05, 0) is 36.8 Å². The van der Waals surface area contributed by atoms with Gasteiger partial charge in [0, 0.05) is 19.5 Å². The minimum Gasteiger partial charge on any atom is -0.497 e. The summed E-state index contributed by atoms with van der Waals surface area (Å²) in [4.78, 5) is 4.51. The SMILES string of the molecule is CCNC(=NCCOCc1ccc(OC)cc1)NCCc1ccco1. The summed E-state index contributed by atoms with van der Waals surface area (Å²) in [5.41, 5.74) is 1.12. The predicted molar refractivity (Wildman–Crippen MR) is 99.0 cm³/mol. The van der Waals surface area contributed by atoms with Crippen LogP contribution in [0.3, 0.4) is 0 Å². The van der Waals surface area contributed by atoms with Crippen molar-refractivity contribution < 1.29 is 13.9 Å². The molecule has 0 spiro atoms. The van der Waals surface area contributed by atoms with Crippen LogP contribution in [0.1, 0.15) is 18.2 Å². The lowest BCUT2D eigenvalue weighted by Crippen LogP contribution is -2.38. The van der Waals surface area contributed by atoms with Gasteiger partial charge in [-0.15, -0.1) is 0 Å². The molecule has 0 unspecified atom stereocenters. The normalized spacial score (nSPS) is 11.4. The fourth-order valence-corrected chi connectivity index (χ4v) is 2.23. The largest absolute Gasteiger partial charge is 0.497 e. The van der Waals surface area contributed by atoms with Gasteiger partial charge in [0.2, 0.25) is 0 Å². The van der Waals surface area contributed by atoms with Crippen LogP contribution in [-0.2, 0) is 17.8 Å². The summed E-state index contributed by atoms with van der Waals surface area (Å²) < 4.78 is 16.1. The van der Waals surface area contributed by atoms with Crippen molar-refractivity contribution in [2.45, 2.75) is 20.0 Å². The number of furan rings is 1. The number of nitrogens with zero attached hydrogens (tertiary/aromatic N) is 1. The summed E-state index contributed by atoms with van der Waals surface area (Å²) >= 11 is 0. The molecule has 0 fully saturated rings. The smallest absolute Gasteiger partial charge is 0.191 e. The van der Waals surface area contributed by atoms with E-state index in [4.69, 9.17) is 13.9 Å². The maximum Gasteiger partial charge on any atom is 0.191 e. The van der Waals surface area contributed by atoms with Gasteiger partial charge < -0.3 is 24.5 Å². The van der Waals surface area contributed by atoms with Gasteiger partial charge >= 0.3 is 0 Å². The van der Waals surface area contributed by atoms with Gasteiger partial charge in [0.25, 0.3) is 0 Å². The van der Waals surface area contributed by atoms with Crippen LogP contribution in [0.15, 0.2) is 52.1 Å². The van der Waals surface area contributed by atoms with E-state index in [0.717, 1.165) is 42.5 Å². The van der Waals surface area contributed by atoms with Crippen molar-refractivity contribution in [1.29, 1.82) is 0 Å². The van der Waals surface area contributed by atoms with E-state index in [1.54, 1.807) is 13.4 Å². The molecule has 1 heterocycles. The molecular weight excluding hydrogens is 318 g/mol. The number of ether oxygens (including phenoxy) is 2. The lowest BCUT2D eigenvalue weighted by molar-refractivity contribution is 0.128. The fourth-order valence-electron chi connectivity index (χ4n) is 2.23. The Morgan fingerprint density at radius 2 is 2.00 bits per heavy atom. The van der Waals surface area contributed by atoms with Crippen LogP contribution in [0.2, 0.25) is 0 Å². The van der Waals surface area contributed by atoms with Gasteiger partial charge in [-0.3, -0.25) is 4.99 Å². The van der Waals surface area contributed by atoms with E-state index in [1.165, 1.54) is 0 Å². The zero-order valence-corrected chi connectivity index (χ0v) is 15.0. The molecule has 0 amide bonds. The molecule has 2 N–H and O–H groups in total. The van der Waals surface area contributed by atoms with Gasteiger partial charge in [-0.25, -0.2) is 0 Å². The molecular formula is C19H27N3O3. The molecule has 0 aliphatic carbocycles. The van der Waals surface area contributed by atoms with Crippen molar-refractivity contribution in [3.63, 3.8) is 0 Å². The summed E-state index contributed by atoms with van der Waals surface area (Å²) in [5, 5.41) is 6.51. The first-order valence-corrected chi connectivity index (χ1v) is 8.57. The third-order valence-electron chi connectivity index (χ3n) is 3.52. The molecule has 6 heteroatoms. The number of hydrogen-bond donors (Lipinski definition) is 2. The average Bonchev–Trinajstić information content (AvgIpc) is 3.15. The van der Waals surface area contributed by atoms with Crippen molar-refractivity contribution in [3.05, 3.63) is 54.0 Å². The summed E-state index contributed by atoms with van der Waals surface area (Å²) in [6.45, 7) is 5.38. The second-order valence-corrected chi connectivity index (χ2v) is 5.42. The zero-order valence-electron chi connectivity index (χ0n) is 15.0. The van der Waals surface area contributed by atoms with E-state index >= 15 is 0 Å². The van der Waals surface area contributed by atoms with Gasteiger partial charge in [0.1, 0.15) is 11.5 Å². The highest BCUT2D eigenvalue weighted by Gasteiger charge is 1.99. The van der Waals surface area contributed by atoms with Crippen molar-refractivity contribution in [2.75, 3.05) is 33.4 Å². The number of rotatable bonds is 10. The van der Waals surface area contributed by atoms with Crippen LogP contribution in [-0.4, -0.2) is 39.3 Å². The third kappa shape index (κ3) is 7.30. The van der Waals surface area contributed by atoms with Crippen molar-refractivity contribution in [1.82, 2.24) is 10.6 Å². The monoisotopic (exact) mass is 345 g/mol. The van der Waals surface area contributed by atoms with E-state index in [-0.39, 0.29) is 0 Å². The Bertz CT molecular complexity index is 609. The van der Waals surface area contributed by atoms with Crippen molar-refractivity contribution in [3.8, 4) is 5.75 Å². The third-order valence-corrected chi connectivity index (χ3v) is 3.52. The van der Waals surface area contributed by atoms with Crippen LogP contribution in [0.25, 0.3) is 0 Å². The molecule has 25 heavy (non-hydrogen) atoms. The Morgan fingerprint density at radius 3 is 2.68 bits per heavy atom. The second kappa shape index (κ2) is 11.1.